The molecular formula is C46H69N13O13S2. The van der Waals surface area contributed by atoms with Crippen LogP contribution in [0.5, 0.6) is 5.75 Å². The number of carbonyl (C=O) groups excluding carboxylic acids is 12. The number of aromatic hydroxyl groups is 1. The van der Waals surface area contributed by atoms with Crippen LogP contribution in [0.2, 0.25) is 0 Å². The molecule has 28 heteroatoms. The number of hydrogen-bond acceptors (Lipinski definition) is 16. The van der Waals surface area contributed by atoms with Gasteiger partial charge in [-0.1, -0.05) is 67.8 Å². The number of hydrogen-bond donors (Lipinski definition) is 12. The number of nitrogens with two attached hydrogens (primary N) is 4. The normalized spacial score (nSPS) is 25.4. The lowest BCUT2D eigenvalue weighted by Gasteiger charge is -2.40. The van der Waals surface area contributed by atoms with Crippen molar-refractivity contribution < 1.29 is 62.6 Å². The molecule has 1 aromatic rings. The summed E-state index contributed by atoms with van der Waals surface area (Å²) in [5.74, 6) is -11.5. The molecule has 4 rings (SSSR count). The van der Waals surface area contributed by atoms with Crippen molar-refractivity contribution in [2.75, 3.05) is 31.1 Å². The predicted molar refractivity (Wildman–Crippen MR) is 270 cm³/mol. The Morgan fingerprint density at radius 2 is 1.46 bits per heavy atom. The first-order valence-corrected chi connectivity index (χ1v) is 26.7. The highest BCUT2D eigenvalue weighted by Gasteiger charge is 2.45. The second kappa shape index (κ2) is 28.1. The Labute approximate surface area is 435 Å². The van der Waals surface area contributed by atoms with Gasteiger partial charge in [-0.2, -0.15) is 0 Å². The van der Waals surface area contributed by atoms with Crippen LogP contribution in [0.3, 0.4) is 0 Å². The lowest BCUT2D eigenvalue weighted by atomic mass is 9.96. The summed E-state index contributed by atoms with van der Waals surface area (Å²) < 4.78 is 0. The Morgan fingerprint density at radius 1 is 0.797 bits per heavy atom. The first-order chi connectivity index (χ1) is 34.9. The van der Waals surface area contributed by atoms with Crippen molar-refractivity contribution in [2.45, 2.75) is 133 Å². The highest BCUT2D eigenvalue weighted by Crippen LogP contribution is 2.26. The highest BCUT2D eigenvalue weighted by molar-refractivity contribution is 8.76. The second-order valence-corrected chi connectivity index (χ2v) is 21.5. The molecule has 408 valence electrons. The smallest absolute Gasteiger partial charge is 0.246 e. The minimum absolute atomic E-state index is 0.0430. The number of amides is 12. The Balaban J connectivity index is 1.76. The number of likely N-dealkylation sites (tertiary alicyclic amines) is 1. The van der Waals surface area contributed by atoms with Crippen LogP contribution in [0.25, 0.3) is 0 Å². The maximum atomic E-state index is 14.7. The Kier molecular flexibility index (Phi) is 22.8. The predicted octanol–water partition coefficient (Wildman–Crippen LogP) is -4.40. The molecule has 16 N–H and O–H groups in total. The molecule has 3 aliphatic rings. The van der Waals surface area contributed by atoms with E-state index < -0.39 is 164 Å². The van der Waals surface area contributed by atoms with Crippen LogP contribution in [0, 0.1) is 11.8 Å². The van der Waals surface area contributed by atoms with Crippen molar-refractivity contribution in [1.29, 1.82) is 0 Å². The van der Waals surface area contributed by atoms with E-state index in [1.165, 1.54) is 29.2 Å². The average Bonchev–Trinajstić information content (AvgIpc) is 3.84. The lowest BCUT2D eigenvalue weighted by molar-refractivity contribution is -0.151. The summed E-state index contributed by atoms with van der Waals surface area (Å²) in [4.78, 5) is 165. The van der Waals surface area contributed by atoms with E-state index in [0.717, 1.165) is 26.5 Å². The summed E-state index contributed by atoms with van der Waals surface area (Å²) in [6.45, 7) is 5.92. The maximum absolute atomic E-state index is 14.7. The van der Waals surface area contributed by atoms with Crippen LogP contribution in [0.1, 0.15) is 78.2 Å². The SMILES string of the molecule is CC[C@H](C)[C@@H]1NC(=O)[C@H](Cc2ccc(O)cc2)NC(=O)[C@@H](N)CSSC[C@@H](C(=O)N2CCC[C@H]2C(=O)N[C@@H](CC(C)C)C(=O)NCC(N)=O)NC(=O)[C@H]2CN(C(=O)[C@H](CCC(N)=O)NC1=O)[C@@H](CC(N)=O)C(=O)N2. The highest BCUT2D eigenvalue weighted by atomic mass is 33.1. The monoisotopic (exact) mass is 1080 g/mol. The van der Waals surface area contributed by atoms with E-state index in [1.54, 1.807) is 13.8 Å². The van der Waals surface area contributed by atoms with Gasteiger partial charge in [-0.3, -0.25) is 57.5 Å². The van der Waals surface area contributed by atoms with E-state index in [0.29, 0.717) is 18.4 Å². The second-order valence-electron chi connectivity index (χ2n) is 18.9. The van der Waals surface area contributed by atoms with Crippen molar-refractivity contribution in [1.82, 2.24) is 47.0 Å². The van der Waals surface area contributed by atoms with Gasteiger partial charge in [-0.25, -0.2) is 0 Å². The third kappa shape index (κ3) is 17.5. The molecule has 3 fully saturated rings. The summed E-state index contributed by atoms with van der Waals surface area (Å²) >= 11 is 0. The first-order valence-electron chi connectivity index (χ1n) is 24.2. The number of piperazine rings is 1. The molecule has 74 heavy (non-hydrogen) atoms. The largest absolute Gasteiger partial charge is 0.508 e. The number of primary amides is 3. The van der Waals surface area contributed by atoms with Gasteiger partial charge in [0.2, 0.25) is 70.9 Å². The molecule has 3 saturated heterocycles. The molecule has 3 heterocycles. The number of fused-ring (bicyclic) bond motifs is 2. The zero-order valence-corrected chi connectivity index (χ0v) is 43.4. The summed E-state index contributed by atoms with van der Waals surface area (Å²) in [5.41, 5.74) is 23.0. The fourth-order valence-corrected chi connectivity index (χ4v) is 10.7. The van der Waals surface area contributed by atoms with Gasteiger partial charge in [0.05, 0.1) is 25.6 Å². The fraction of sp³-hybridized carbons (Fsp3) is 0.609. The van der Waals surface area contributed by atoms with Crippen LogP contribution in [0.15, 0.2) is 24.3 Å². The number of nitrogens with zero attached hydrogens (tertiary/aromatic N) is 2. The van der Waals surface area contributed by atoms with Gasteiger partial charge < -0.3 is 75.1 Å². The van der Waals surface area contributed by atoms with Crippen molar-refractivity contribution >= 4 is 92.5 Å². The molecular weight excluding hydrogens is 1010 g/mol. The van der Waals surface area contributed by atoms with Crippen molar-refractivity contribution in [3.05, 3.63) is 29.8 Å². The minimum Gasteiger partial charge on any atom is -0.508 e. The van der Waals surface area contributed by atoms with Crippen LogP contribution in [-0.2, 0) is 64.0 Å². The third-order valence-electron chi connectivity index (χ3n) is 12.6. The van der Waals surface area contributed by atoms with E-state index >= 15 is 0 Å². The molecule has 0 unspecified atom stereocenters. The minimum atomic E-state index is -1.65. The third-order valence-corrected chi connectivity index (χ3v) is 15.0. The van der Waals surface area contributed by atoms with Crippen molar-refractivity contribution in [3.63, 3.8) is 0 Å². The van der Waals surface area contributed by atoms with Crippen LogP contribution in [0.4, 0.5) is 0 Å². The molecule has 2 bridgehead atoms. The zero-order valence-electron chi connectivity index (χ0n) is 41.7. The number of phenolic OH excluding ortho intramolecular Hbond substituents is 1. The van der Waals surface area contributed by atoms with Gasteiger partial charge in [0, 0.05) is 30.9 Å². The molecule has 0 spiro atoms. The molecule has 26 nitrogen and oxygen atoms in total. The zero-order chi connectivity index (χ0) is 55.0. The number of phenols is 1. The standard InChI is InChI=1S/C46H69N13O13S2/c1-5-23(4)37-44(70)52-27(12-13-34(48)61)45(71)59-19-30(55-43(69)33(59)17-35(49)62)41(67)56-31(21-74-73-20-26(47)38(64)53-29(40(66)57-37)16-24-8-10-25(60)11-9-24)46(72)58-14-6-7-32(58)42(68)54-28(15-22(2)3)39(65)51-18-36(50)63/h8-11,22-23,26-33,37,60H,5-7,12-21,47H2,1-4H3,(H2,48,61)(H2,49,62)(H2,50,63)(H,51,65)(H,52,70)(H,53,64)(H,54,68)(H,55,69)(H,56,67)(H,57,66)/t23-,26-,27-,28-,29-,30+,31-,32-,33-,37-/m0/s1. The van der Waals surface area contributed by atoms with Crippen molar-refractivity contribution in [2.24, 2.45) is 34.8 Å². The molecule has 0 aliphatic carbocycles. The van der Waals surface area contributed by atoms with E-state index in [9.17, 15) is 62.6 Å². The van der Waals surface area contributed by atoms with E-state index in [-0.39, 0.29) is 49.0 Å². The van der Waals surface area contributed by atoms with Crippen LogP contribution < -0.4 is 60.2 Å². The quantitative estimate of drug-likeness (QED) is 0.0656. The first kappa shape index (κ1) is 59.9. The summed E-state index contributed by atoms with van der Waals surface area (Å²) in [7, 11) is 2.04. The van der Waals surface area contributed by atoms with Crippen LogP contribution >= 0.6 is 21.6 Å². The number of benzene rings is 1. The molecule has 0 aromatic heterocycles. The molecule has 3 aliphatic heterocycles. The van der Waals surface area contributed by atoms with Gasteiger partial charge in [-0.15, -0.1) is 0 Å². The molecule has 10 atom stereocenters. The summed E-state index contributed by atoms with van der Waals surface area (Å²) in [6.07, 6.45) is -0.809. The molecule has 0 radical (unpaired) electrons. The van der Waals surface area contributed by atoms with E-state index in [1.807, 2.05) is 13.8 Å². The Morgan fingerprint density at radius 3 is 2.08 bits per heavy atom. The van der Waals surface area contributed by atoms with Gasteiger partial charge in [0.15, 0.2) is 0 Å². The number of rotatable bonds is 17. The Bertz CT molecular complexity index is 2280. The average molecular weight is 1080 g/mol. The maximum Gasteiger partial charge on any atom is 0.246 e. The van der Waals surface area contributed by atoms with E-state index in [4.69, 9.17) is 22.9 Å². The van der Waals surface area contributed by atoms with Crippen LogP contribution in [-0.4, -0.2) is 171 Å². The molecule has 1 aromatic carbocycles. The Hall–Kier alpha value is -6.68. The molecule has 0 saturated carbocycles. The van der Waals surface area contributed by atoms with Gasteiger partial charge >= 0.3 is 0 Å². The van der Waals surface area contributed by atoms with Gasteiger partial charge in [-0.05, 0) is 55.2 Å². The van der Waals surface area contributed by atoms with Gasteiger partial charge in [0.25, 0.3) is 0 Å². The van der Waals surface area contributed by atoms with Gasteiger partial charge in [0.1, 0.15) is 54.1 Å². The summed E-state index contributed by atoms with van der Waals surface area (Å²) in [6, 6.07) is -6.78. The molecule has 12 amide bonds. The fourth-order valence-electron chi connectivity index (χ4n) is 8.41. The topological polar surface area (TPSA) is 420 Å². The number of carbonyl (C=O) groups is 12. The lowest BCUT2D eigenvalue weighted by Crippen LogP contribution is -2.69. The number of nitrogens with one attached hydrogen (secondary N) is 7. The van der Waals surface area contributed by atoms with E-state index in [2.05, 4.69) is 37.2 Å². The van der Waals surface area contributed by atoms with Crippen molar-refractivity contribution in [3.8, 4) is 5.75 Å². The summed E-state index contributed by atoms with van der Waals surface area (Å²) in [5, 5.41) is 28.0.